The Labute approximate surface area is 142 Å². The second-order valence-corrected chi connectivity index (χ2v) is 6.69. The highest BCUT2D eigenvalue weighted by molar-refractivity contribution is 6.02. The van der Waals surface area contributed by atoms with E-state index < -0.39 is 5.41 Å². The van der Waals surface area contributed by atoms with Crippen molar-refractivity contribution in [2.45, 2.75) is 13.3 Å². The van der Waals surface area contributed by atoms with Gasteiger partial charge in [-0.05, 0) is 18.5 Å². The molecule has 5 heteroatoms. The third-order valence-corrected chi connectivity index (χ3v) is 4.20. The number of aliphatic hydroxyl groups is 2. The Morgan fingerprint density at radius 3 is 2.50 bits per heavy atom. The number of nitrogens with one attached hydrogen (secondary N) is 1. The maximum atomic E-state index is 12.2. The Bertz CT molecular complexity index is 678. The number of nitrogens with zero attached hydrogens (tertiary/aromatic N) is 1. The molecule has 0 heterocycles. The Hall–Kier alpha value is -1.95. The highest BCUT2D eigenvalue weighted by Crippen LogP contribution is 2.23. The molecule has 0 bridgehead atoms. The van der Waals surface area contributed by atoms with Crippen molar-refractivity contribution in [3.63, 3.8) is 0 Å². The van der Waals surface area contributed by atoms with Crippen molar-refractivity contribution in [1.82, 2.24) is 4.90 Å². The van der Waals surface area contributed by atoms with Gasteiger partial charge in [0, 0.05) is 36.0 Å². The number of hydrogen-bond acceptors (Lipinski definition) is 4. The zero-order chi connectivity index (χ0) is 17.6. The molecule has 0 radical (unpaired) electrons. The van der Waals surface area contributed by atoms with Gasteiger partial charge in [-0.15, -0.1) is 0 Å². The first-order valence-electron chi connectivity index (χ1n) is 8.15. The van der Waals surface area contributed by atoms with Gasteiger partial charge in [-0.3, -0.25) is 4.79 Å². The van der Waals surface area contributed by atoms with Crippen LogP contribution in [0, 0.1) is 5.41 Å². The standard InChI is InChI=1S/C19H26N2O3/c1-19(13-22,14-23)12-21(2)11-10-18(24)20-17-9-5-7-15-6-3-4-8-16(15)17/h3-9,22-23H,10-14H2,1-2H3,(H,20,24). The third-order valence-electron chi connectivity index (χ3n) is 4.20. The van der Waals surface area contributed by atoms with Crippen LogP contribution in [-0.4, -0.2) is 54.4 Å². The van der Waals surface area contributed by atoms with Gasteiger partial charge in [-0.25, -0.2) is 0 Å². The Balaban J connectivity index is 1.91. The summed E-state index contributed by atoms with van der Waals surface area (Å²) in [7, 11) is 1.88. The van der Waals surface area contributed by atoms with Crippen LogP contribution in [0.25, 0.3) is 10.8 Å². The van der Waals surface area contributed by atoms with Gasteiger partial charge in [-0.2, -0.15) is 0 Å². The predicted octanol–water partition coefficient (Wildman–Crippen LogP) is 2.09. The first-order chi connectivity index (χ1) is 11.5. The summed E-state index contributed by atoms with van der Waals surface area (Å²) in [5.41, 5.74) is 0.261. The fourth-order valence-electron chi connectivity index (χ4n) is 2.72. The molecule has 0 fully saturated rings. The van der Waals surface area contributed by atoms with Crippen LogP contribution in [-0.2, 0) is 4.79 Å². The number of carbonyl (C=O) groups is 1. The van der Waals surface area contributed by atoms with Crippen molar-refractivity contribution >= 4 is 22.4 Å². The van der Waals surface area contributed by atoms with E-state index in [0.29, 0.717) is 19.5 Å². The summed E-state index contributed by atoms with van der Waals surface area (Å²) in [5.74, 6) is -0.0482. The summed E-state index contributed by atoms with van der Waals surface area (Å²) < 4.78 is 0. The minimum Gasteiger partial charge on any atom is -0.396 e. The molecule has 0 aliphatic heterocycles. The average Bonchev–Trinajstić information content (AvgIpc) is 2.60. The summed E-state index contributed by atoms with van der Waals surface area (Å²) in [6.45, 7) is 2.74. The normalized spacial score (nSPS) is 11.9. The lowest BCUT2D eigenvalue weighted by Crippen LogP contribution is -2.40. The molecular formula is C19H26N2O3. The van der Waals surface area contributed by atoms with E-state index in [9.17, 15) is 15.0 Å². The van der Waals surface area contributed by atoms with E-state index in [2.05, 4.69) is 5.32 Å². The molecule has 2 aromatic rings. The largest absolute Gasteiger partial charge is 0.396 e. The van der Waals surface area contributed by atoms with E-state index in [1.54, 1.807) is 0 Å². The monoisotopic (exact) mass is 330 g/mol. The molecular weight excluding hydrogens is 304 g/mol. The number of amides is 1. The van der Waals surface area contributed by atoms with E-state index in [4.69, 9.17) is 0 Å². The fourth-order valence-corrected chi connectivity index (χ4v) is 2.72. The molecule has 2 rings (SSSR count). The molecule has 1 amide bonds. The highest BCUT2D eigenvalue weighted by Gasteiger charge is 2.24. The number of anilines is 1. The molecule has 3 N–H and O–H groups in total. The molecule has 0 unspecified atom stereocenters. The Morgan fingerprint density at radius 2 is 1.79 bits per heavy atom. The van der Waals surface area contributed by atoms with Gasteiger partial charge in [-0.1, -0.05) is 43.3 Å². The van der Waals surface area contributed by atoms with Gasteiger partial charge in [0.2, 0.25) is 5.91 Å². The molecule has 0 saturated carbocycles. The summed E-state index contributed by atoms with van der Waals surface area (Å²) >= 11 is 0. The molecule has 0 aromatic heterocycles. The smallest absolute Gasteiger partial charge is 0.225 e. The first-order valence-corrected chi connectivity index (χ1v) is 8.15. The third kappa shape index (κ3) is 4.77. The fraction of sp³-hybridized carbons (Fsp3) is 0.421. The molecule has 0 aliphatic rings. The lowest BCUT2D eigenvalue weighted by Gasteiger charge is -2.30. The van der Waals surface area contributed by atoms with Gasteiger partial charge >= 0.3 is 0 Å². The van der Waals surface area contributed by atoms with Crippen LogP contribution in [0.3, 0.4) is 0 Å². The lowest BCUT2D eigenvalue weighted by atomic mass is 9.92. The van der Waals surface area contributed by atoms with Gasteiger partial charge in [0.1, 0.15) is 0 Å². The van der Waals surface area contributed by atoms with E-state index in [1.165, 1.54) is 0 Å². The van der Waals surface area contributed by atoms with Crippen LogP contribution < -0.4 is 5.32 Å². The number of hydrogen-bond donors (Lipinski definition) is 3. The predicted molar refractivity (Wildman–Crippen MR) is 97.0 cm³/mol. The minimum atomic E-state index is -0.555. The van der Waals surface area contributed by atoms with Crippen molar-refractivity contribution in [2.75, 3.05) is 38.7 Å². The van der Waals surface area contributed by atoms with Gasteiger partial charge < -0.3 is 20.4 Å². The molecule has 0 saturated heterocycles. The van der Waals surface area contributed by atoms with Crippen molar-refractivity contribution in [1.29, 1.82) is 0 Å². The average molecular weight is 330 g/mol. The summed E-state index contributed by atoms with van der Waals surface area (Å²) in [6.07, 6.45) is 0.354. The quantitative estimate of drug-likeness (QED) is 0.693. The van der Waals surface area contributed by atoms with E-state index in [-0.39, 0.29) is 19.1 Å². The molecule has 0 spiro atoms. The number of benzene rings is 2. The molecule has 0 atom stereocenters. The molecule has 2 aromatic carbocycles. The minimum absolute atomic E-state index is 0.0482. The molecule has 24 heavy (non-hydrogen) atoms. The Morgan fingerprint density at radius 1 is 1.12 bits per heavy atom. The Kier molecular flexibility index (Phi) is 6.31. The number of rotatable bonds is 8. The second kappa shape index (κ2) is 8.24. The van der Waals surface area contributed by atoms with Crippen molar-refractivity contribution in [3.05, 3.63) is 42.5 Å². The van der Waals surface area contributed by atoms with Crippen molar-refractivity contribution in [2.24, 2.45) is 5.41 Å². The molecule has 5 nitrogen and oxygen atoms in total. The van der Waals surface area contributed by atoms with Crippen LogP contribution >= 0.6 is 0 Å². The van der Waals surface area contributed by atoms with Gasteiger partial charge in [0.05, 0.1) is 13.2 Å². The summed E-state index contributed by atoms with van der Waals surface area (Å²) in [5, 5.41) is 23.8. The van der Waals surface area contributed by atoms with Crippen molar-refractivity contribution < 1.29 is 15.0 Å². The van der Waals surface area contributed by atoms with E-state index in [1.807, 2.05) is 61.3 Å². The maximum absolute atomic E-state index is 12.2. The number of fused-ring (bicyclic) bond motifs is 1. The van der Waals surface area contributed by atoms with Gasteiger partial charge in [0.15, 0.2) is 0 Å². The molecule has 130 valence electrons. The van der Waals surface area contributed by atoms with Gasteiger partial charge in [0.25, 0.3) is 0 Å². The zero-order valence-electron chi connectivity index (χ0n) is 14.3. The topological polar surface area (TPSA) is 72.8 Å². The van der Waals surface area contributed by atoms with E-state index >= 15 is 0 Å². The highest BCUT2D eigenvalue weighted by atomic mass is 16.3. The lowest BCUT2D eigenvalue weighted by molar-refractivity contribution is -0.116. The number of aliphatic hydroxyl groups excluding tert-OH is 2. The van der Waals surface area contributed by atoms with Crippen LogP contribution in [0.1, 0.15) is 13.3 Å². The zero-order valence-corrected chi connectivity index (χ0v) is 14.3. The van der Waals surface area contributed by atoms with Crippen molar-refractivity contribution in [3.8, 4) is 0 Å². The van der Waals surface area contributed by atoms with Crippen LogP contribution in [0.4, 0.5) is 5.69 Å². The summed E-state index contributed by atoms with van der Waals surface area (Å²) in [4.78, 5) is 14.2. The second-order valence-electron chi connectivity index (χ2n) is 6.69. The SMILES string of the molecule is CN(CCC(=O)Nc1cccc2ccccc12)CC(C)(CO)CO. The molecule has 0 aliphatic carbocycles. The van der Waals surface area contributed by atoms with E-state index in [0.717, 1.165) is 16.5 Å². The number of carbonyl (C=O) groups excluding carboxylic acids is 1. The maximum Gasteiger partial charge on any atom is 0.225 e. The first kappa shape index (κ1) is 18.4. The van der Waals surface area contributed by atoms with Crippen LogP contribution in [0.2, 0.25) is 0 Å². The van der Waals surface area contributed by atoms with Crippen LogP contribution in [0.5, 0.6) is 0 Å². The van der Waals surface area contributed by atoms with Crippen LogP contribution in [0.15, 0.2) is 42.5 Å². The summed E-state index contributed by atoms with van der Waals surface area (Å²) in [6, 6.07) is 13.8.